The third-order valence-corrected chi connectivity index (χ3v) is 7.19. The lowest BCUT2D eigenvalue weighted by atomic mass is 10.0. The van der Waals surface area contributed by atoms with Crippen LogP contribution in [0.25, 0.3) is 5.69 Å². The first kappa shape index (κ1) is 21.5. The highest BCUT2D eigenvalue weighted by Gasteiger charge is 2.30. The van der Waals surface area contributed by atoms with Crippen molar-refractivity contribution >= 4 is 9.84 Å². The maximum atomic E-state index is 14.2. The molecule has 2 atom stereocenters. The van der Waals surface area contributed by atoms with Gasteiger partial charge in [-0.1, -0.05) is 12.1 Å². The number of sulfone groups is 1. The van der Waals surface area contributed by atoms with Crippen LogP contribution in [-0.2, 0) is 21.2 Å². The second kappa shape index (κ2) is 8.80. The van der Waals surface area contributed by atoms with E-state index in [4.69, 9.17) is 9.47 Å². The summed E-state index contributed by atoms with van der Waals surface area (Å²) in [5.74, 6) is 0.845. The Morgan fingerprint density at radius 3 is 2.68 bits per heavy atom. The van der Waals surface area contributed by atoms with Crippen molar-refractivity contribution in [2.24, 2.45) is 0 Å². The molecule has 8 heteroatoms. The average molecular weight is 445 g/mol. The molecule has 2 aromatic carbocycles. The van der Waals surface area contributed by atoms with Crippen LogP contribution in [0, 0.1) is 12.7 Å². The third-order valence-electron chi connectivity index (χ3n) is 5.55. The molecule has 3 aromatic rings. The van der Waals surface area contributed by atoms with Gasteiger partial charge >= 0.3 is 0 Å². The summed E-state index contributed by atoms with van der Waals surface area (Å²) in [4.78, 5) is 4.22. The van der Waals surface area contributed by atoms with Gasteiger partial charge in [0, 0.05) is 37.0 Å². The van der Waals surface area contributed by atoms with Crippen LogP contribution in [0.2, 0.25) is 0 Å². The van der Waals surface area contributed by atoms with Gasteiger partial charge in [0.25, 0.3) is 0 Å². The second-order valence-corrected chi connectivity index (χ2v) is 10.2. The fourth-order valence-corrected chi connectivity index (χ4v) is 4.86. The standard InChI is InChI=1S/C23H25FN2O4S/c1-16-25-8-9-26(16)20-5-3-17(4-6-20)15-30-21-12-18(11-19(24)13-21)23-14-22(7-10-29-23)31(2,27)28/h3-6,8-9,11-13,22-23H,7,10,14-15H2,1-2H3. The van der Waals surface area contributed by atoms with Crippen molar-refractivity contribution in [1.29, 1.82) is 0 Å². The van der Waals surface area contributed by atoms with E-state index in [2.05, 4.69) is 4.98 Å². The summed E-state index contributed by atoms with van der Waals surface area (Å²) >= 11 is 0. The van der Waals surface area contributed by atoms with Crippen molar-refractivity contribution in [2.75, 3.05) is 12.9 Å². The molecule has 31 heavy (non-hydrogen) atoms. The van der Waals surface area contributed by atoms with E-state index in [9.17, 15) is 12.8 Å². The smallest absolute Gasteiger partial charge is 0.150 e. The summed E-state index contributed by atoms with van der Waals surface area (Å²) in [7, 11) is -3.17. The minimum atomic E-state index is -3.17. The van der Waals surface area contributed by atoms with Crippen molar-refractivity contribution in [3.63, 3.8) is 0 Å². The lowest BCUT2D eigenvalue weighted by Gasteiger charge is -2.29. The van der Waals surface area contributed by atoms with E-state index in [0.717, 1.165) is 17.1 Å². The molecule has 0 aliphatic carbocycles. The van der Waals surface area contributed by atoms with Crippen LogP contribution in [0.3, 0.4) is 0 Å². The number of aromatic nitrogens is 2. The molecule has 1 saturated heterocycles. The van der Waals surface area contributed by atoms with Gasteiger partial charge in [0.2, 0.25) is 0 Å². The van der Waals surface area contributed by atoms with E-state index in [1.807, 2.05) is 42.0 Å². The normalized spacial score (nSPS) is 19.3. The zero-order chi connectivity index (χ0) is 22.0. The quantitative estimate of drug-likeness (QED) is 0.571. The lowest BCUT2D eigenvalue weighted by Crippen LogP contribution is -2.30. The van der Waals surface area contributed by atoms with Crippen molar-refractivity contribution in [1.82, 2.24) is 9.55 Å². The molecule has 164 valence electrons. The number of hydrogen-bond donors (Lipinski definition) is 0. The summed E-state index contributed by atoms with van der Waals surface area (Å²) in [5, 5.41) is -0.475. The number of nitrogens with zero attached hydrogens (tertiary/aromatic N) is 2. The number of benzene rings is 2. The van der Waals surface area contributed by atoms with Gasteiger partial charge in [0.15, 0.2) is 9.84 Å². The molecule has 2 heterocycles. The zero-order valence-electron chi connectivity index (χ0n) is 17.5. The maximum Gasteiger partial charge on any atom is 0.150 e. The molecule has 0 radical (unpaired) electrons. The van der Waals surface area contributed by atoms with Crippen molar-refractivity contribution in [3.8, 4) is 11.4 Å². The molecule has 1 fully saturated rings. The Bertz CT molecular complexity index is 1160. The molecule has 0 amide bonds. The van der Waals surface area contributed by atoms with E-state index in [1.165, 1.54) is 18.4 Å². The fourth-order valence-electron chi connectivity index (χ4n) is 3.81. The van der Waals surface area contributed by atoms with Gasteiger partial charge in [0.05, 0.1) is 11.4 Å². The van der Waals surface area contributed by atoms with Gasteiger partial charge in [-0.25, -0.2) is 17.8 Å². The Hall–Kier alpha value is -2.71. The van der Waals surface area contributed by atoms with E-state index >= 15 is 0 Å². The van der Waals surface area contributed by atoms with E-state index in [0.29, 0.717) is 30.8 Å². The van der Waals surface area contributed by atoms with Crippen LogP contribution in [0.15, 0.2) is 54.9 Å². The number of rotatable bonds is 6. The first-order valence-corrected chi connectivity index (χ1v) is 12.1. The Labute approximate surface area is 181 Å². The van der Waals surface area contributed by atoms with Gasteiger partial charge in [0.1, 0.15) is 24.0 Å². The second-order valence-electron chi connectivity index (χ2n) is 7.86. The maximum absolute atomic E-state index is 14.2. The molecular formula is C23H25FN2O4S. The molecule has 0 saturated carbocycles. The van der Waals surface area contributed by atoms with E-state index in [-0.39, 0.29) is 6.61 Å². The van der Waals surface area contributed by atoms with Gasteiger partial charge in [-0.15, -0.1) is 0 Å². The highest BCUT2D eigenvalue weighted by Crippen LogP contribution is 2.33. The monoisotopic (exact) mass is 444 g/mol. The number of imidazole rings is 1. The summed E-state index contributed by atoms with van der Waals surface area (Å²) in [6.45, 7) is 2.55. The molecule has 1 aliphatic rings. The Balaban J connectivity index is 1.45. The number of halogens is 1. The summed E-state index contributed by atoms with van der Waals surface area (Å²) in [6, 6.07) is 12.3. The largest absolute Gasteiger partial charge is 0.489 e. The molecule has 1 aromatic heterocycles. The van der Waals surface area contributed by atoms with Gasteiger partial charge in [-0.3, -0.25) is 0 Å². The summed E-state index contributed by atoms with van der Waals surface area (Å²) in [6.07, 6.45) is 5.20. The topological polar surface area (TPSA) is 70.4 Å². The Morgan fingerprint density at radius 1 is 1.23 bits per heavy atom. The Kier molecular flexibility index (Phi) is 6.11. The number of aryl methyl sites for hydroxylation is 1. The summed E-state index contributed by atoms with van der Waals surface area (Å²) < 4.78 is 51.6. The number of hydrogen-bond acceptors (Lipinski definition) is 5. The van der Waals surface area contributed by atoms with Gasteiger partial charge < -0.3 is 14.0 Å². The van der Waals surface area contributed by atoms with Gasteiger partial charge in [-0.05, 0) is 55.2 Å². The summed E-state index contributed by atoms with van der Waals surface area (Å²) in [5.41, 5.74) is 2.54. The minimum Gasteiger partial charge on any atom is -0.489 e. The molecule has 0 N–H and O–H groups in total. The SMILES string of the molecule is Cc1nccn1-c1ccc(COc2cc(F)cc(C3CC(S(C)(=O)=O)CCO3)c2)cc1. The van der Waals surface area contributed by atoms with Crippen molar-refractivity contribution < 1.29 is 22.3 Å². The van der Waals surface area contributed by atoms with E-state index < -0.39 is 27.0 Å². The van der Waals surface area contributed by atoms with Crippen LogP contribution >= 0.6 is 0 Å². The first-order valence-electron chi connectivity index (χ1n) is 10.1. The Morgan fingerprint density at radius 2 is 2.00 bits per heavy atom. The lowest BCUT2D eigenvalue weighted by molar-refractivity contribution is 0.0163. The fraction of sp³-hybridized carbons (Fsp3) is 0.348. The van der Waals surface area contributed by atoms with Crippen LogP contribution in [-0.4, -0.2) is 36.1 Å². The zero-order valence-corrected chi connectivity index (χ0v) is 18.3. The number of ether oxygens (including phenoxy) is 2. The van der Waals surface area contributed by atoms with Crippen LogP contribution in [0.5, 0.6) is 5.75 Å². The molecule has 1 aliphatic heterocycles. The van der Waals surface area contributed by atoms with Crippen molar-refractivity contribution in [2.45, 2.75) is 37.7 Å². The highest BCUT2D eigenvalue weighted by molar-refractivity contribution is 7.91. The van der Waals surface area contributed by atoms with E-state index in [1.54, 1.807) is 12.3 Å². The molecular weight excluding hydrogens is 419 g/mol. The van der Waals surface area contributed by atoms with Crippen LogP contribution < -0.4 is 4.74 Å². The molecule has 2 unspecified atom stereocenters. The predicted molar refractivity (Wildman–Crippen MR) is 116 cm³/mol. The molecule has 0 bridgehead atoms. The predicted octanol–water partition coefficient (Wildman–Crippen LogP) is 4.16. The van der Waals surface area contributed by atoms with Crippen LogP contribution in [0.1, 0.15) is 35.9 Å². The molecule has 0 spiro atoms. The van der Waals surface area contributed by atoms with Crippen LogP contribution in [0.4, 0.5) is 4.39 Å². The minimum absolute atomic E-state index is 0.281. The first-order chi connectivity index (χ1) is 14.8. The highest BCUT2D eigenvalue weighted by atomic mass is 32.2. The molecule has 6 nitrogen and oxygen atoms in total. The van der Waals surface area contributed by atoms with Crippen molar-refractivity contribution in [3.05, 3.63) is 77.6 Å². The third kappa shape index (κ3) is 5.14. The van der Waals surface area contributed by atoms with Gasteiger partial charge in [-0.2, -0.15) is 0 Å². The molecule has 4 rings (SSSR count). The average Bonchev–Trinajstić information content (AvgIpc) is 3.17.